The molecule has 0 saturated heterocycles. The molecule has 2 unspecified atom stereocenters. The van der Waals surface area contributed by atoms with Gasteiger partial charge < -0.3 is 5.32 Å². The van der Waals surface area contributed by atoms with Crippen molar-refractivity contribution in [1.29, 1.82) is 0 Å². The Kier molecular flexibility index (Phi) is 5.23. The molecular weight excluding hydrogens is 261 g/mol. The molecule has 0 radical (unpaired) electrons. The van der Waals surface area contributed by atoms with Gasteiger partial charge in [-0.05, 0) is 55.3 Å². The lowest BCUT2D eigenvalue weighted by molar-refractivity contribution is 0.351. The van der Waals surface area contributed by atoms with E-state index in [-0.39, 0.29) is 5.82 Å². The standard InChI is InChI=1S/C16H23ClFN/c1-11(2)19-10-14-5-3-4-12(14)8-13-6-7-15(17)9-16(13)18/h6-7,9,11-12,14,19H,3-5,8,10H2,1-2H3. The van der Waals surface area contributed by atoms with E-state index in [9.17, 15) is 4.39 Å². The van der Waals surface area contributed by atoms with Gasteiger partial charge >= 0.3 is 0 Å². The van der Waals surface area contributed by atoms with E-state index in [0.717, 1.165) is 18.5 Å². The molecule has 1 fully saturated rings. The third-order valence-electron chi connectivity index (χ3n) is 4.10. The summed E-state index contributed by atoms with van der Waals surface area (Å²) in [6.45, 7) is 5.39. The highest BCUT2D eigenvalue weighted by molar-refractivity contribution is 6.30. The van der Waals surface area contributed by atoms with Crippen LogP contribution in [0.5, 0.6) is 0 Å². The molecule has 1 aliphatic carbocycles. The highest BCUT2D eigenvalue weighted by Crippen LogP contribution is 2.34. The largest absolute Gasteiger partial charge is 0.314 e. The van der Waals surface area contributed by atoms with E-state index < -0.39 is 0 Å². The maximum atomic E-state index is 13.8. The van der Waals surface area contributed by atoms with Crippen LogP contribution in [0.3, 0.4) is 0 Å². The smallest absolute Gasteiger partial charge is 0.127 e. The minimum Gasteiger partial charge on any atom is -0.314 e. The molecule has 0 bridgehead atoms. The highest BCUT2D eigenvalue weighted by Gasteiger charge is 2.27. The first-order valence-corrected chi connectivity index (χ1v) is 7.61. The molecule has 2 atom stereocenters. The van der Waals surface area contributed by atoms with Gasteiger partial charge in [-0.1, -0.05) is 37.9 Å². The third-order valence-corrected chi connectivity index (χ3v) is 4.34. The number of hydrogen-bond donors (Lipinski definition) is 1. The van der Waals surface area contributed by atoms with E-state index in [0.29, 0.717) is 22.9 Å². The fraction of sp³-hybridized carbons (Fsp3) is 0.625. The van der Waals surface area contributed by atoms with Crippen molar-refractivity contribution in [3.8, 4) is 0 Å². The van der Waals surface area contributed by atoms with Crippen molar-refractivity contribution in [2.45, 2.75) is 45.6 Å². The summed E-state index contributed by atoms with van der Waals surface area (Å²) >= 11 is 5.80. The summed E-state index contributed by atoms with van der Waals surface area (Å²) in [6.07, 6.45) is 4.59. The second-order valence-corrected chi connectivity index (χ2v) is 6.39. The van der Waals surface area contributed by atoms with Gasteiger partial charge in [0.1, 0.15) is 5.82 Å². The van der Waals surface area contributed by atoms with E-state index in [2.05, 4.69) is 19.2 Å². The minimum atomic E-state index is -0.157. The van der Waals surface area contributed by atoms with Crippen LogP contribution in [0, 0.1) is 17.7 Å². The number of nitrogens with one attached hydrogen (secondary N) is 1. The predicted octanol–water partition coefficient (Wildman–Crippen LogP) is 4.44. The maximum absolute atomic E-state index is 13.8. The first-order chi connectivity index (χ1) is 9.06. The average Bonchev–Trinajstić information content (AvgIpc) is 2.77. The van der Waals surface area contributed by atoms with Gasteiger partial charge in [0.2, 0.25) is 0 Å². The van der Waals surface area contributed by atoms with Crippen LogP contribution < -0.4 is 5.32 Å². The van der Waals surface area contributed by atoms with E-state index in [1.54, 1.807) is 6.07 Å². The van der Waals surface area contributed by atoms with Crippen LogP contribution in [0.25, 0.3) is 0 Å². The average molecular weight is 284 g/mol. The zero-order valence-electron chi connectivity index (χ0n) is 11.8. The van der Waals surface area contributed by atoms with Crippen LogP contribution in [-0.4, -0.2) is 12.6 Å². The number of benzene rings is 1. The van der Waals surface area contributed by atoms with Crippen molar-refractivity contribution < 1.29 is 4.39 Å². The van der Waals surface area contributed by atoms with Crippen LogP contribution in [0.15, 0.2) is 18.2 Å². The van der Waals surface area contributed by atoms with Crippen LogP contribution in [-0.2, 0) is 6.42 Å². The number of halogens is 2. The zero-order valence-corrected chi connectivity index (χ0v) is 12.5. The molecule has 1 saturated carbocycles. The van der Waals surface area contributed by atoms with E-state index in [4.69, 9.17) is 11.6 Å². The summed E-state index contributed by atoms with van der Waals surface area (Å²) in [5.41, 5.74) is 0.811. The predicted molar refractivity (Wildman–Crippen MR) is 79.1 cm³/mol. The molecule has 106 valence electrons. The SMILES string of the molecule is CC(C)NCC1CCCC1Cc1ccc(Cl)cc1F. The molecule has 2 rings (SSSR count). The van der Waals surface area contributed by atoms with Crippen LogP contribution in [0.2, 0.25) is 5.02 Å². The van der Waals surface area contributed by atoms with Crippen molar-refractivity contribution in [3.63, 3.8) is 0 Å². The van der Waals surface area contributed by atoms with E-state index in [1.807, 2.05) is 6.07 Å². The lowest BCUT2D eigenvalue weighted by Crippen LogP contribution is -2.31. The first kappa shape index (κ1) is 14.8. The molecular formula is C16H23ClFN. The van der Waals surface area contributed by atoms with Gasteiger partial charge in [-0.3, -0.25) is 0 Å². The van der Waals surface area contributed by atoms with Crippen molar-refractivity contribution >= 4 is 11.6 Å². The summed E-state index contributed by atoms with van der Waals surface area (Å²) in [5, 5.41) is 3.99. The quantitative estimate of drug-likeness (QED) is 0.843. The molecule has 0 heterocycles. The number of hydrogen-bond acceptors (Lipinski definition) is 1. The lowest BCUT2D eigenvalue weighted by atomic mass is 9.89. The fourth-order valence-electron chi connectivity index (χ4n) is 3.01. The third kappa shape index (κ3) is 4.19. The Bertz CT molecular complexity index is 419. The molecule has 3 heteroatoms. The summed E-state index contributed by atoms with van der Waals surface area (Å²) in [4.78, 5) is 0. The Balaban J connectivity index is 1.97. The molecule has 1 aliphatic rings. The lowest BCUT2D eigenvalue weighted by Gasteiger charge is -2.21. The van der Waals surface area contributed by atoms with E-state index in [1.165, 1.54) is 25.3 Å². The second-order valence-electron chi connectivity index (χ2n) is 5.95. The van der Waals surface area contributed by atoms with Crippen LogP contribution in [0.4, 0.5) is 4.39 Å². The Morgan fingerprint density at radius 1 is 1.32 bits per heavy atom. The van der Waals surface area contributed by atoms with Gasteiger partial charge in [0.25, 0.3) is 0 Å². The molecule has 1 aromatic carbocycles. The summed E-state index contributed by atoms with van der Waals surface area (Å²) in [6, 6.07) is 5.57. The monoisotopic (exact) mass is 283 g/mol. The molecule has 0 amide bonds. The van der Waals surface area contributed by atoms with Crippen molar-refractivity contribution in [2.24, 2.45) is 11.8 Å². The summed E-state index contributed by atoms with van der Waals surface area (Å²) < 4.78 is 13.8. The Hall–Kier alpha value is -0.600. The molecule has 19 heavy (non-hydrogen) atoms. The van der Waals surface area contributed by atoms with Crippen LogP contribution in [0.1, 0.15) is 38.7 Å². The van der Waals surface area contributed by atoms with Crippen LogP contribution >= 0.6 is 11.6 Å². The molecule has 0 aliphatic heterocycles. The topological polar surface area (TPSA) is 12.0 Å². The highest BCUT2D eigenvalue weighted by atomic mass is 35.5. The summed E-state index contributed by atoms with van der Waals surface area (Å²) in [7, 11) is 0. The van der Waals surface area contributed by atoms with E-state index >= 15 is 0 Å². The molecule has 0 aromatic heterocycles. The van der Waals surface area contributed by atoms with Crippen molar-refractivity contribution in [2.75, 3.05) is 6.54 Å². The first-order valence-electron chi connectivity index (χ1n) is 7.23. The molecule has 1 aromatic rings. The Morgan fingerprint density at radius 2 is 2.05 bits per heavy atom. The van der Waals surface area contributed by atoms with Gasteiger partial charge in [-0.25, -0.2) is 4.39 Å². The van der Waals surface area contributed by atoms with Gasteiger partial charge in [0.15, 0.2) is 0 Å². The minimum absolute atomic E-state index is 0.157. The van der Waals surface area contributed by atoms with Gasteiger partial charge in [0, 0.05) is 11.1 Å². The van der Waals surface area contributed by atoms with Gasteiger partial charge in [-0.2, -0.15) is 0 Å². The molecule has 0 spiro atoms. The van der Waals surface area contributed by atoms with Gasteiger partial charge in [0.05, 0.1) is 0 Å². The fourth-order valence-corrected chi connectivity index (χ4v) is 3.17. The Labute approximate surface area is 120 Å². The molecule has 1 nitrogen and oxygen atoms in total. The number of rotatable bonds is 5. The van der Waals surface area contributed by atoms with Crippen molar-refractivity contribution in [3.05, 3.63) is 34.6 Å². The van der Waals surface area contributed by atoms with Crippen molar-refractivity contribution in [1.82, 2.24) is 5.32 Å². The normalized spacial score (nSPS) is 23.2. The Morgan fingerprint density at radius 3 is 2.74 bits per heavy atom. The van der Waals surface area contributed by atoms with Gasteiger partial charge in [-0.15, -0.1) is 0 Å². The second kappa shape index (κ2) is 6.71. The summed E-state index contributed by atoms with van der Waals surface area (Å²) in [5.74, 6) is 1.12. The molecule has 1 N–H and O–H groups in total. The zero-order chi connectivity index (χ0) is 13.8. The maximum Gasteiger partial charge on any atom is 0.127 e.